The van der Waals surface area contributed by atoms with E-state index in [-0.39, 0.29) is 0 Å². The van der Waals surface area contributed by atoms with Gasteiger partial charge in [0, 0.05) is 36.0 Å². The second kappa shape index (κ2) is 9.59. The number of hydrogen-bond acceptors (Lipinski definition) is 4. The van der Waals surface area contributed by atoms with Crippen LogP contribution in [0.1, 0.15) is 11.3 Å². The summed E-state index contributed by atoms with van der Waals surface area (Å²) >= 11 is 0. The monoisotopic (exact) mass is 433 g/mol. The van der Waals surface area contributed by atoms with Gasteiger partial charge in [0.25, 0.3) is 0 Å². The molecule has 0 aliphatic rings. The molecule has 0 amide bonds. The molecule has 0 aliphatic carbocycles. The van der Waals surface area contributed by atoms with E-state index < -0.39 is 0 Å². The number of ether oxygens (including phenoxy) is 1. The van der Waals surface area contributed by atoms with E-state index in [9.17, 15) is 0 Å². The molecular weight excluding hydrogens is 408 g/mol. The molecule has 0 fully saturated rings. The number of fused-ring (bicyclic) bond motifs is 1. The maximum atomic E-state index is 6.10. The first-order valence-corrected chi connectivity index (χ1v) is 11.0. The van der Waals surface area contributed by atoms with E-state index in [1.165, 1.54) is 0 Å². The van der Waals surface area contributed by atoms with Gasteiger partial charge >= 0.3 is 0 Å². The lowest BCUT2D eigenvalue weighted by molar-refractivity contribution is -0.390. The van der Waals surface area contributed by atoms with E-state index in [0.29, 0.717) is 19.0 Å². The van der Waals surface area contributed by atoms with Crippen LogP contribution in [0.5, 0.6) is 5.88 Å². The Morgan fingerprint density at radius 1 is 0.848 bits per heavy atom. The van der Waals surface area contributed by atoms with Gasteiger partial charge < -0.3 is 10.5 Å². The van der Waals surface area contributed by atoms with Crippen molar-refractivity contribution in [2.45, 2.75) is 13.0 Å². The van der Waals surface area contributed by atoms with Crippen molar-refractivity contribution in [1.29, 1.82) is 0 Å². The summed E-state index contributed by atoms with van der Waals surface area (Å²) in [5.74, 6) is 0.596. The minimum absolute atomic E-state index is 0.518. The molecule has 5 heteroatoms. The first-order valence-electron chi connectivity index (χ1n) is 11.0. The molecule has 5 nitrogen and oxygen atoms in total. The summed E-state index contributed by atoms with van der Waals surface area (Å²) in [4.78, 5) is 12.8. The number of rotatable bonds is 7. The van der Waals surface area contributed by atoms with Crippen LogP contribution in [0.25, 0.3) is 33.3 Å². The van der Waals surface area contributed by atoms with Crippen molar-refractivity contribution in [3.05, 3.63) is 109 Å². The summed E-state index contributed by atoms with van der Waals surface area (Å²) in [5.41, 5.74) is 13.0. The SMILES string of the molecule is NCc1ccc(-c2nc3ccnc(OCCc4cccc[nH+]4)c3cc2-c2ccccc2)cc1. The molecule has 5 aromatic rings. The van der Waals surface area contributed by atoms with Gasteiger partial charge in [0.1, 0.15) is 0 Å². The molecule has 0 atom stereocenters. The van der Waals surface area contributed by atoms with Gasteiger partial charge in [-0.3, -0.25) is 0 Å². The Kier molecular flexibility index (Phi) is 6.04. The van der Waals surface area contributed by atoms with Gasteiger partial charge in [-0.25, -0.2) is 15.0 Å². The van der Waals surface area contributed by atoms with E-state index in [1.54, 1.807) is 6.20 Å². The molecular formula is C28H25N4O+. The van der Waals surface area contributed by atoms with Crippen molar-refractivity contribution in [1.82, 2.24) is 9.97 Å². The predicted molar refractivity (Wildman–Crippen MR) is 130 cm³/mol. The maximum Gasteiger partial charge on any atom is 0.222 e. The molecule has 162 valence electrons. The van der Waals surface area contributed by atoms with Gasteiger partial charge in [-0.15, -0.1) is 0 Å². The highest BCUT2D eigenvalue weighted by Crippen LogP contribution is 2.35. The molecule has 0 radical (unpaired) electrons. The van der Waals surface area contributed by atoms with Crippen LogP contribution in [-0.2, 0) is 13.0 Å². The van der Waals surface area contributed by atoms with Crippen molar-refractivity contribution in [2.75, 3.05) is 6.61 Å². The Morgan fingerprint density at radius 2 is 1.67 bits per heavy atom. The molecule has 3 heterocycles. The van der Waals surface area contributed by atoms with E-state index in [2.05, 4.69) is 58.5 Å². The van der Waals surface area contributed by atoms with Gasteiger partial charge in [0.15, 0.2) is 11.9 Å². The summed E-state index contributed by atoms with van der Waals surface area (Å²) in [7, 11) is 0. The summed E-state index contributed by atoms with van der Waals surface area (Å²) in [6.07, 6.45) is 4.44. The minimum atomic E-state index is 0.518. The third-order valence-corrected chi connectivity index (χ3v) is 5.64. The second-order valence-electron chi connectivity index (χ2n) is 7.82. The second-order valence-corrected chi connectivity index (χ2v) is 7.82. The van der Waals surface area contributed by atoms with Gasteiger partial charge in [-0.2, -0.15) is 0 Å². The quantitative estimate of drug-likeness (QED) is 0.398. The molecule has 3 aromatic heterocycles. The van der Waals surface area contributed by atoms with Crippen LogP contribution >= 0.6 is 0 Å². The normalized spacial score (nSPS) is 10.9. The highest BCUT2D eigenvalue weighted by Gasteiger charge is 2.15. The number of pyridine rings is 3. The van der Waals surface area contributed by atoms with Crippen LogP contribution in [0.3, 0.4) is 0 Å². The largest absolute Gasteiger partial charge is 0.477 e. The topological polar surface area (TPSA) is 75.2 Å². The number of benzene rings is 2. The van der Waals surface area contributed by atoms with Crippen LogP contribution < -0.4 is 15.5 Å². The first kappa shape index (κ1) is 20.8. The smallest absolute Gasteiger partial charge is 0.222 e. The average molecular weight is 434 g/mol. The molecule has 0 bridgehead atoms. The number of nitrogens with one attached hydrogen (secondary N) is 1. The third-order valence-electron chi connectivity index (χ3n) is 5.64. The van der Waals surface area contributed by atoms with E-state index in [4.69, 9.17) is 15.5 Å². The number of H-pyrrole nitrogens is 1. The van der Waals surface area contributed by atoms with Gasteiger partial charge in [-0.1, -0.05) is 60.7 Å². The molecule has 0 unspecified atom stereocenters. The molecule has 33 heavy (non-hydrogen) atoms. The van der Waals surface area contributed by atoms with Crippen molar-refractivity contribution >= 4 is 10.9 Å². The Hall–Kier alpha value is -4.09. The standard InChI is InChI=1S/C28H24N4O/c29-19-20-9-11-22(12-10-20)27-24(21-6-2-1-3-7-21)18-25-26(32-27)13-16-31-28(25)33-17-14-23-8-4-5-15-30-23/h1-13,15-16,18H,14,17,19,29H2/p+1. The van der Waals surface area contributed by atoms with Gasteiger partial charge in [0.05, 0.1) is 29.6 Å². The fourth-order valence-corrected chi connectivity index (χ4v) is 3.89. The van der Waals surface area contributed by atoms with E-state index in [1.807, 2.05) is 42.6 Å². The number of hydrogen-bond donors (Lipinski definition) is 1. The van der Waals surface area contributed by atoms with Gasteiger partial charge in [0.2, 0.25) is 5.88 Å². The highest BCUT2D eigenvalue weighted by molar-refractivity contribution is 5.93. The summed E-state index contributed by atoms with van der Waals surface area (Å²) in [5, 5.41) is 0.899. The lowest BCUT2D eigenvalue weighted by Gasteiger charge is -2.14. The maximum absolute atomic E-state index is 6.10. The van der Waals surface area contributed by atoms with Crippen LogP contribution in [0.2, 0.25) is 0 Å². The van der Waals surface area contributed by atoms with Crippen molar-refractivity contribution in [3.8, 4) is 28.3 Å². The zero-order valence-corrected chi connectivity index (χ0v) is 18.2. The Labute approximate surface area is 192 Å². The minimum Gasteiger partial charge on any atom is -0.477 e. The molecule has 0 saturated carbocycles. The summed E-state index contributed by atoms with van der Waals surface area (Å²) in [6, 6.07) is 28.7. The first-order chi connectivity index (χ1) is 16.3. The van der Waals surface area contributed by atoms with Crippen LogP contribution in [0.15, 0.2) is 97.3 Å². The Morgan fingerprint density at radius 3 is 2.42 bits per heavy atom. The number of aromatic amines is 1. The van der Waals surface area contributed by atoms with Crippen LogP contribution in [-0.4, -0.2) is 16.6 Å². The van der Waals surface area contributed by atoms with Crippen molar-refractivity contribution in [2.24, 2.45) is 5.73 Å². The average Bonchev–Trinajstić information content (AvgIpc) is 2.89. The van der Waals surface area contributed by atoms with Crippen LogP contribution in [0.4, 0.5) is 0 Å². The summed E-state index contributed by atoms with van der Waals surface area (Å²) < 4.78 is 6.10. The number of nitrogens with zero attached hydrogens (tertiary/aromatic N) is 2. The zero-order valence-electron chi connectivity index (χ0n) is 18.2. The fraction of sp³-hybridized carbons (Fsp3) is 0.107. The molecule has 5 rings (SSSR count). The van der Waals surface area contributed by atoms with E-state index >= 15 is 0 Å². The summed E-state index contributed by atoms with van der Waals surface area (Å²) in [6.45, 7) is 1.04. The van der Waals surface area contributed by atoms with Crippen LogP contribution in [0, 0.1) is 0 Å². The molecule has 2 aromatic carbocycles. The zero-order chi connectivity index (χ0) is 22.5. The molecule has 0 aliphatic heterocycles. The lowest BCUT2D eigenvalue weighted by atomic mass is 9.97. The third kappa shape index (κ3) is 4.59. The lowest BCUT2D eigenvalue weighted by Crippen LogP contribution is -2.13. The van der Waals surface area contributed by atoms with Crippen molar-refractivity contribution in [3.63, 3.8) is 0 Å². The predicted octanol–water partition coefficient (Wildman–Crippen LogP) is 4.86. The Bertz CT molecular complexity index is 1350. The number of aromatic nitrogens is 3. The highest BCUT2D eigenvalue weighted by atomic mass is 16.5. The molecule has 3 N–H and O–H groups in total. The molecule has 0 saturated heterocycles. The van der Waals surface area contributed by atoms with Crippen molar-refractivity contribution < 1.29 is 9.72 Å². The molecule has 0 spiro atoms. The fourth-order valence-electron chi connectivity index (χ4n) is 3.89. The Balaban J connectivity index is 1.56. The van der Waals surface area contributed by atoms with E-state index in [0.717, 1.165) is 51.0 Å². The number of nitrogens with two attached hydrogens (primary N) is 1. The van der Waals surface area contributed by atoms with Gasteiger partial charge in [-0.05, 0) is 23.3 Å².